The molecular weight excluding hydrogens is 236 g/mol. The van der Waals surface area contributed by atoms with Gasteiger partial charge in [-0.2, -0.15) is 5.26 Å². The molecule has 84 valence electrons. The highest BCUT2D eigenvalue weighted by molar-refractivity contribution is 6.29. The normalized spacial score (nSPS) is 9.71. The zero-order chi connectivity index (χ0) is 12.3. The molecule has 17 heavy (non-hydrogen) atoms. The number of nitrogens with zero attached hydrogens (tertiary/aromatic N) is 3. The van der Waals surface area contributed by atoms with Gasteiger partial charge in [0.2, 0.25) is 0 Å². The molecule has 5 heteroatoms. The monoisotopic (exact) mass is 244 g/mol. The maximum Gasteiger partial charge on any atom is 0.135 e. The Labute approximate surface area is 104 Å². The smallest absolute Gasteiger partial charge is 0.135 e. The molecule has 1 N–H and O–H groups in total. The zero-order valence-electron chi connectivity index (χ0n) is 9.11. The van der Waals surface area contributed by atoms with Gasteiger partial charge in [0.15, 0.2) is 0 Å². The van der Waals surface area contributed by atoms with Crippen LogP contribution in [0, 0.1) is 18.3 Å². The first-order chi connectivity index (χ1) is 8.17. The number of hydrogen-bond acceptors (Lipinski definition) is 4. The van der Waals surface area contributed by atoms with E-state index < -0.39 is 0 Å². The van der Waals surface area contributed by atoms with Gasteiger partial charge >= 0.3 is 0 Å². The van der Waals surface area contributed by atoms with E-state index >= 15 is 0 Å². The topological polar surface area (TPSA) is 61.6 Å². The quantitative estimate of drug-likeness (QED) is 0.825. The first-order valence-electron chi connectivity index (χ1n) is 4.96. The van der Waals surface area contributed by atoms with Gasteiger partial charge in [0.1, 0.15) is 16.8 Å². The van der Waals surface area contributed by atoms with Crippen LogP contribution in [0.15, 0.2) is 30.3 Å². The molecule has 0 amide bonds. The lowest BCUT2D eigenvalue weighted by molar-refractivity contribution is 1.06. The van der Waals surface area contributed by atoms with Crippen LogP contribution in [0.5, 0.6) is 0 Å². The van der Waals surface area contributed by atoms with Gasteiger partial charge in [0.25, 0.3) is 0 Å². The number of hydrogen-bond donors (Lipinski definition) is 1. The Hall–Kier alpha value is -2.12. The number of benzene rings is 1. The van der Waals surface area contributed by atoms with Crippen LogP contribution in [-0.4, -0.2) is 9.97 Å². The molecule has 0 saturated carbocycles. The molecular formula is C12H9ClN4. The van der Waals surface area contributed by atoms with Crippen molar-refractivity contribution < 1.29 is 0 Å². The van der Waals surface area contributed by atoms with Gasteiger partial charge in [0.05, 0.1) is 11.6 Å². The van der Waals surface area contributed by atoms with E-state index in [2.05, 4.69) is 21.4 Å². The van der Waals surface area contributed by atoms with Gasteiger partial charge in [-0.1, -0.05) is 11.6 Å². The molecule has 4 nitrogen and oxygen atoms in total. The summed E-state index contributed by atoms with van der Waals surface area (Å²) >= 11 is 5.83. The number of rotatable bonds is 2. The van der Waals surface area contributed by atoms with Gasteiger partial charge in [-0.15, -0.1) is 0 Å². The lowest BCUT2D eigenvalue weighted by Gasteiger charge is -2.06. The molecule has 0 aliphatic rings. The molecule has 0 aliphatic heterocycles. The Morgan fingerprint density at radius 1 is 1.24 bits per heavy atom. The summed E-state index contributed by atoms with van der Waals surface area (Å²) in [6.07, 6.45) is 0. The zero-order valence-corrected chi connectivity index (χ0v) is 9.86. The van der Waals surface area contributed by atoms with Crippen molar-refractivity contribution in [3.8, 4) is 6.07 Å². The molecule has 0 aliphatic carbocycles. The predicted molar refractivity (Wildman–Crippen MR) is 66.2 cm³/mol. The van der Waals surface area contributed by atoms with Gasteiger partial charge < -0.3 is 5.32 Å². The molecule has 0 saturated heterocycles. The van der Waals surface area contributed by atoms with E-state index in [0.717, 1.165) is 5.69 Å². The SMILES string of the molecule is Cc1nc(Cl)cc(Nc2ccc(C#N)cc2)n1. The van der Waals surface area contributed by atoms with E-state index in [0.29, 0.717) is 22.4 Å². The Kier molecular flexibility index (Phi) is 3.22. The fourth-order valence-corrected chi connectivity index (χ4v) is 1.60. The van der Waals surface area contributed by atoms with Crippen molar-refractivity contribution >= 4 is 23.1 Å². The van der Waals surface area contributed by atoms with Gasteiger partial charge in [0, 0.05) is 11.8 Å². The summed E-state index contributed by atoms with van der Waals surface area (Å²) in [6.45, 7) is 1.77. The highest BCUT2D eigenvalue weighted by Gasteiger charge is 2.00. The fourth-order valence-electron chi connectivity index (χ4n) is 1.37. The van der Waals surface area contributed by atoms with Gasteiger partial charge in [-0.3, -0.25) is 0 Å². The van der Waals surface area contributed by atoms with Crippen LogP contribution in [0.4, 0.5) is 11.5 Å². The fraction of sp³-hybridized carbons (Fsp3) is 0.0833. The van der Waals surface area contributed by atoms with Crippen LogP contribution >= 0.6 is 11.6 Å². The summed E-state index contributed by atoms with van der Waals surface area (Å²) in [5.74, 6) is 1.24. The second kappa shape index (κ2) is 4.81. The molecule has 1 aromatic carbocycles. The molecule has 2 aromatic rings. The van der Waals surface area contributed by atoms with E-state index in [1.807, 2.05) is 12.1 Å². The van der Waals surface area contributed by atoms with E-state index in [1.165, 1.54) is 0 Å². The maximum atomic E-state index is 8.68. The van der Waals surface area contributed by atoms with Crippen molar-refractivity contribution in [2.45, 2.75) is 6.92 Å². The van der Waals surface area contributed by atoms with Gasteiger partial charge in [-0.25, -0.2) is 9.97 Å². The third kappa shape index (κ3) is 2.92. The number of anilines is 2. The number of nitriles is 1. The second-order valence-corrected chi connectivity index (χ2v) is 3.82. The average Bonchev–Trinajstić information content (AvgIpc) is 2.28. The van der Waals surface area contributed by atoms with E-state index in [9.17, 15) is 0 Å². The minimum atomic E-state index is 0.397. The number of nitrogens with one attached hydrogen (secondary N) is 1. The molecule has 0 spiro atoms. The first-order valence-corrected chi connectivity index (χ1v) is 5.33. The maximum absolute atomic E-state index is 8.68. The Morgan fingerprint density at radius 2 is 1.94 bits per heavy atom. The van der Waals surface area contributed by atoms with Crippen LogP contribution in [0.1, 0.15) is 11.4 Å². The van der Waals surface area contributed by atoms with E-state index in [1.54, 1.807) is 25.1 Å². The minimum absolute atomic E-state index is 0.397. The standard InChI is InChI=1S/C12H9ClN4/c1-8-15-11(13)6-12(16-8)17-10-4-2-9(7-14)3-5-10/h2-6H,1H3,(H,15,16,17). The number of aryl methyl sites for hydroxylation is 1. The number of halogens is 1. The Balaban J connectivity index is 2.22. The number of aromatic nitrogens is 2. The van der Waals surface area contributed by atoms with Crippen molar-refractivity contribution in [3.63, 3.8) is 0 Å². The van der Waals surface area contributed by atoms with Crippen LogP contribution in [0.2, 0.25) is 5.15 Å². The third-order valence-electron chi connectivity index (χ3n) is 2.09. The molecule has 1 heterocycles. The van der Waals surface area contributed by atoms with Gasteiger partial charge in [-0.05, 0) is 31.2 Å². The molecule has 0 bridgehead atoms. The summed E-state index contributed by atoms with van der Waals surface area (Å²) in [6, 6.07) is 10.8. The summed E-state index contributed by atoms with van der Waals surface area (Å²) in [5.41, 5.74) is 1.46. The third-order valence-corrected chi connectivity index (χ3v) is 2.29. The molecule has 2 rings (SSSR count). The van der Waals surface area contributed by atoms with Crippen LogP contribution in [0.3, 0.4) is 0 Å². The first kappa shape index (κ1) is 11.4. The lowest BCUT2D eigenvalue weighted by Crippen LogP contribution is -1.97. The van der Waals surface area contributed by atoms with Crippen LogP contribution in [-0.2, 0) is 0 Å². The van der Waals surface area contributed by atoms with E-state index in [-0.39, 0.29) is 0 Å². The summed E-state index contributed by atoms with van der Waals surface area (Å²) < 4.78 is 0. The summed E-state index contributed by atoms with van der Waals surface area (Å²) in [4.78, 5) is 8.17. The lowest BCUT2D eigenvalue weighted by atomic mass is 10.2. The predicted octanol–water partition coefficient (Wildman–Crippen LogP) is 3.05. The highest BCUT2D eigenvalue weighted by atomic mass is 35.5. The van der Waals surface area contributed by atoms with E-state index in [4.69, 9.17) is 16.9 Å². The Bertz CT molecular complexity index is 552. The average molecular weight is 245 g/mol. The molecule has 0 unspecified atom stereocenters. The Morgan fingerprint density at radius 3 is 2.53 bits per heavy atom. The highest BCUT2D eigenvalue weighted by Crippen LogP contribution is 2.17. The largest absolute Gasteiger partial charge is 0.340 e. The van der Waals surface area contributed by atoms with Crippen molar-refractivity contribution in [1.82, 2.24) is 9.97 Å². The molecule has 0 atom stereocenters. The second-order valence-electron chi connectivity index (χ2n) is 3.44. The molecule has 0 fully saturated rings. The summed E-state index contributed by atoms with van der Waals surface area (Å²) in [5, 5.41) is 12.2. The van der Waals surface area contributed by atoms with Crippen LogP contribution in [0.25, 0.3) is 0 Å². The van der Waals surface area contributed by atoms with Crippen molar-refractivity contribution in [1.29, 1.82) is 5.26 Å². The van der Waals surface area contributed by atoms with Crippen molar-refractivity contribution in [2.75, 3.05) is 5.32 Å². The van der Waals surface area contributed by atoms with Crippen molar-refractivity contribution in [2.24, 2.45) is 0 Å². The minimum Gasteiger partial charge on any atom is -0.340 e. The molecule has 0 radical (unpaired) electrons. The summed E-state index contributed by atoms with van der Waals surface area (Å²) in [7, 11) is 0. The van der Waals surface area contributed by atoms with Crippen LogP contribution < -0.4 is 5.32 Å². The molecule has 1 aromatic heterocycles. The van der Waals surface area contributed by atoms with Crippen molar-refractivity contribution in [3.05, 3.63) is 46.9 Å².